The molecule has 1 spiro atoms. The first kappa shape index (κ1) is 12.8. The van der Waals surface area contributed by atoms with Crippen molar-refractivity contribution in [2.75, 3.05) is 18.0 Å². The minimum Gasteiger partial charge on any atom is -0.342 e. The Morgan fingerprint density at radius 2 is 2.00 bits per heavy atom. The van der Waals surface area contributed by atoms with Crippen molar-refractivity contribution in [1.82, 2.24) is 14.4 Å². The molecule has 1 saturated heterocycles. The Kier molecular flexibility index (Phi) is 2.92. The maximum atomic E-state index is 5.97. The van der Waals surface area contributed by atoms with E-state index in [2.05, 4.69) is 41.9 Å². The zero-order valence-electron chi connectivity index (χ0n) is 11.3. The molecule has 3 heterocycles. The van der Waals surface area contributed by atoms with Gasteiger partial charge >= 0.3 is 0 Å². The molecule has 0 unspecified atom stereocenters. The third-order valence-corrected chi connectivity index (χ3v) is 5.62. The van der Waals surface area contributed by atoms with E-state index in [1.165, 1.54) is 25.7 Å². The van der Waals surface area contributed by atoms with E-state index in [0.29, 0.717) is 11.5 Å². The number of piperidine rings is 1. The van der Waals surface area contributed by atoms with Crippen molar-refractivity contribution in [2.24, 2.45) is 11.1 Å². The summed E-state index contributed by atoms with van der Waals surface area (Å²) in [5, 5.41) is 0. The zero-order valence-corrected chi connectivity index (χ0v) is 13.5. The number of hydrogen-bond acceptors (Lipinski definition) is 4. The van der Waals surface area contributed by atoms with Crippen LogP contribution in [0.4, 0.5) is 5.95 Å². The van der Waals surface area contributed by atoms with Gasteiger partial charge in [0.05, 0.1) is 3.57 Å². The van der Waals surface area contributed by atoms with Crippen molar-refractivity contribution in [3.63, 3.8) is 0 Å². The van der Waals surface area contributed by atoms with Gasteiger partial charge in [0.15, 0.2) is 5.65 Å². The molecule has 0 atom stereocenters. The molecule has 20 heavy (non-hydrogen) atoms. The molecule has 4 rings (SSSR count). The van der Waals surface area contributed by atoms with Crippen LogP contribution in [0, 0.1) is 8.99 Å². The van der Waals surface area contributed by atoms with Crippen LogP contribution in [-0.2, 0) is 0 Å². The SMILES string of the molecule is NC1CC2(CCN(c3ncc(I)c4nccn34)CC2)C1. The summed E-state index contributed by atoms with van der Waals surface area (Å²) in [4.78, 5) is 11.4. The van der Waals surface area contributed by atoms with Gasteiger partial charge in [-0.3, -0.25) is 4.40 Å². The fourth-order valence-electron chi connectivity index (χ4n) is 3.75. The van der Waals surface area contributed by atoms with Crippen molar-refractivity contribution in [2.45, 2.75) is 31.7 Å². The molecule has 0 aromatic carbocycles. The van der Waals surface area contributed by atoms with Crippen LogP contribution in [0.3, 0.4) is 0 Å². The highest BCUT2D eigenvalue weighted by molar-refractivity contribution is 14.1. The predicted molar refractivity (Wildman–Crippen MR) is 86.8 cm³/mol. The van der Waals surface area contributed by atoms with Crippen LogP contribution < -0.4 is 10.6 Å². The Morgan fingerprint density at radius 1 is 1.25 bits per heavy atom. The van der Waals surface area contributed by atoms with Crippen molar-refractivity contribution in [3.8, 4) is 0 Å². The summed E-state index contributed by atoms with van der Waals surface area (Å²) in [6.45, 7) is 2.15. The van der Waals surface area contributed by atoms with Crippen LogP contribution in [-0.4, -0.2) is 33.5 Å². The van der Waals surface area contributed by atoms with Crippen molar-refractivity contribution in [3.05, 3.63) is 22.2 Å². The molecule has 1 aliphatic carbocycles. The lowest BCUT2D eigenvalue weighted by Gasteiger charge is -2.51. The zero-order chi connectivity index (χ0) is 13.7. The van der Waals surface area contributed by atoms with E-state index in [0.717, 1.165) is 28.3 Å². The molecule has 5 nitrogen and oxygen atoms in total. The average Bonchev–Trinajstić information content (AvgIpc) is 2.89. The first-order valence-electron chi connectivity index (χ1n) is 7.15. The standard InChI is InChI=1S/C14H18IN5/c15-11-9-18-13(20-6-3-17-12(11)20)19-4-1-14(2-5-19)7-10(16)8-14/h3,6,9-10H,1-2,4-5,7-8,16H2. The molecule has 2 aromatic heterocycles. The second-order valence-electron chi connectivity index (χ2n) is 6.18. The number of halogens is 1. The summed E-state index contributed by atoms with van der Waals surface area (Å²) in [5.41, 5.74) is 7.50. The first-order chi connectivity index (χ1) is 9.67. The summed E-state index contributed by atoms with van der Waals surface area (Å²) in [7, 11) is 0. The molecule has 2 N–H and O–H groups in total. The summed E-state index contributed by atoms with van der Waals surface area (Å²) in [6.07, 6.45) is 10.7. The van der Waals surface area contributed by atoms with Crippen LogP contribution in [0.2, 0.25) is 0 Å². The molecule has 106 valence electrons. The topological polar surface area (TPSA) is 59.5 Å². The molecule has 1 saturated carbocycles. The van der Waals surface area contributed by atoms with E-state index in [-0.39, 0.29) is 0 Å². The van der Waals surface area contributed by atoms with Crippen LogP contribution in [0.15, 0.2) is 18.6 Å². The molecular weight excluding hydrogens is 365 g/mol. The number of rotatable bonds is 1. The summed E-state index contributed by atoms with van der Waals surface area (Å²) in [5.74, 6) is 1.02. The molecule has 1 aliphatic heterocycles. The van der Waals surface area contributed by atoms with Gasteiger partial charge in [-0.15, -0.1) is 0 Å². The largest absolute Gasteiger partial charge is 0.342 e. The minimum atomic E-state index is 0.443. The average molecular weight is 383 g/mol. The molecule has 2 fully saturated rings. The molecular formula is C14H18IN5. The smallest absolute Gasteiger partial charge is 0.211 e. The van der Waals surface area contributed by atoms with Crippen molar-refractivity contribution in [1.29, 1.82) is 0 Å². The number of hydrogen-bond donors (Lipinski definition) is 1. The van der Waals surface area contributed by atoms with Gasteiger partial charge < -0.3 is 10.6 Å². The van der Waals surface area contributed by atoms with Crippen LogP contribution >= 0.6 is 22.6 Å². The first-order valence-corrected chi connectivity index (χ1v) is 8.23. The summed E-state index contributed by atoms with van der Waals surface area (Å²) < 4.78 is 3.20. The maximum Gasteiger partial charge on any atom is 0.211 e. The number of nitrogens with zero attached hydrogens (tertiary/aromatic N) is 4. The molecule has 0 amide bonds. The van der Waals surface area contributed by atoms with Gasteiger partial charge in [0.1, 0.15) is 0 Å². The van der Waals surface area contributed by atoms with E-state index in [1.807, 2.05) is 18.6 Å². The third-order valence-electron chi connectivity index (χ3n) is 4.86. The van der Waals surface area contributed by atoms with Gasteiger partial charge in [0, 0.05) is 37.7 Å². The van der Waals surface area contributed by atoms with Crippen LogP contribution in [0.5, 0.6) is 0 Å². The highest BCUT2D eigenvalue weighted by Gasteiger charge is 2.44. The summed E-state index contributed by atoms with van der Waals surface area (Å²) in [6, 6.07) is 0.443. The van der Waals surface area contributed by atoms with E-state index in [1.54, 1.807) is 0 Å². The monoisotopic (exact) mass is 383 g/mol. The van der Waals surface area contributed by atoms with Crippen LogP contribution in [0.1, 0.15) is 25.7 Å². The number of imidazole rings is 1. The lowest BCUT2D eigenvalue weighted by molar-refractivity contribution is 0.0709. The minimum absolute atomic E-state index is 0.443. The van der Waals surface area contributed by atoms with E-state index < -0.39 is 0 Å². The molecule has 0 radical (unpaired) electrons. The highest BCUT2D eigenvalue weighted by atomic mass is 127. The predicted octanol–water partition coefficient (Wildman–Crippen LogP) is 2.04. The van der Waals surface area contributed by atoms with Crippen LogP contribution in [0.25, 0.3) is 5.65 Å². The number of aromatic nitrogens is 3. The Balaban J connectivity index is 1.59. The second-order valence-corrected chi connectivity index (χ2v) is 7.34. The Labute approximate surface area is 131 Å². The van der Waals surface area contributed by atoms with Gasteiger partial charge in [-0.2, -0.15) is 0 Å². The van der Waals surface area contributed by atoms with Gasteiger partial charge in [0.2, 0.25) is 5.95 Å². The van der Waals surface area contributed by atoms with Crippen molar-refractivity contribution >= 4 is 34.2 Å². The van der Waals surface area contributed by atoms with E-state index >= 15 is 0 Å². The quantitative estimate of drug-likeness (QED) is 0.766. The van der Waals surface area contributed by atoms with Gasteiger partial charge in [-0.05, 0) is 53.7 Å². The van der Waals surface area contributed by atoms with Gasteiger partial charge in [-0.1, -0.05) is 0 Å². The van der Waals surface area contributed by atoms with Gasteiger partial charge in [-0.25, -0.2) is 9.97 Å². The van der Waals surface area contributed by atoms with Gasteiger partial charge in [0.25, 0.3) is 0 Å². The number of fused-ring (bicyclic) bond motifs is 1. The Bertz CT molecular complexity index is 636. The second kappa shape index (κ2) is 4.56. The Hall–Kier alpha value is -0.890. The third kappa shape index (κ3) is 1.92. The Morgan fingerprint density at radius 3 is 2.70 bits per heavy atom. The molecule has 2 aliphatic rings. The fourth-order valence-corrected chi connectivity index (χ4v) is 4.29. The normalized spacial score (nSPS) is 22.4. The fraction of sp³-hybridized carbons (Fsp3) is 0.571. The molecule has 6 heteroatoms. The lowest BCUT2D eigenvalue weighted by atomic mass is 9.61. The summed E-state index contributed by atoms with van der Waals surface area (Å²) >= 11 is 2.29. The van der Waals surface area contributed by atoms with Crippen molar-refractivity contribution < 1.29 is 0 Å². The highest BCUT2D eigenvalue weighted by Crippen LogP contribution is 2.48. The molecule has 2 aromatic rings. The number of nitrogens with two attached hydrogens (primary N) is 1. The number of anilines is 1. The maximum absolute atomic E-state index is 5.97. The molecule has 0 bridgehead atoms. The lowest BCUT2D eigenvalue weighted by Crippen LogP contribution is -2.52. The van der Waals surface area contributed by atoms with E-state index in [9.17, 15) is 0 Å². The van der Waals surface area contributed by atoms with E-state index in [4.69, 9.17) is 5.73 Å².